The van der Waals surface area contributed by atoms with Gasteiger partial charge < -0.3 is 9.64 Å². The Bertz CT molecular complexity index is 433. The molecule has 1 saturated heterocycles. The van der Waals surface area contributed by atoms with E-state index in [2.05, 4.69) is 15.9 Å². The van der Waals surface area contributed by atoms with Crippen molar-refractivity contribution in [3.05, 3.63) is 29.8 Å². The van der Waals surface area contributed by atoms with Gasteiger partial charge in [0.2, 0.25) is 0 Å². The fourth-order valence-electron chi connectivity index (χ4n) is 2.49. The van der Waals surface area contributed by atoms with Gasteiger partial charge in [-0.1, -0.05) is 12.1 Å². The molecular formula is C15H21N3O. The summed E-state index contributed by atoms with van der Waals surface area (Å²) in [5.41, 5.74) is 1.84. The molecule has 4 nitrogen and oxygen atoms in total. The Kier molecular flexibility index (Phi) is 5.20. The normalized spacial score (nSPS) is 16.3. The molecule has 1 fully saturated rings. The first-order valence-electron chi connectivity index (χ1n) is 6.80. The van der Waals surface area contributed by atoms with Crippen molar-refractivity contribution in [3.8, 4) is 6.07 Å². The number of anilines is 1. The number of nitrogens with zero attached hydrogens (tertiary/aromatic N) is 3. The van der Waals surface area contributed by atoms with Crippen molar-refractivity contribution in [3.63, 3.8) is 0 Å². The third-order valence-corrected chi connectivity index (χ3v) is 3.56. The smallest absolute Gasteiger partial charge is 0.101 e. The Hall–Kier alpha value is -1.57. The minimum absolute atomic E-state index is 0.773. The van der Waals surface area contributed by atoms with E-state index in [0.29, 0.717) is 0 Å². The molecule has 1 aromatic rings. The van der Waals surface area contributed by atoms with Crippen LogP contribution >= 0.6 is 0 Å². The van der Waals surface area contributed by atoms with E-state index in [1.165, 1.54) is 0 Å². The average molecular weight is 259 g/mol. The maximum atomic E-state index is 9.14. The lowest BCUT2D eigenvalue weighted by Gasteiger charge is -2.36. The predicted octanol–water partition coefficient (Wildman–Crippen LogP) is 1.72. The molecule has 0 aliphatic carbocycles. The summed E-state index contributed by atoms with van der Waals surface area (Å²) in [6, 6.07) is 10.1. The van der Waals surface area contributed by atoms with Crippen molar-refractivity contribution in [1.29, 1.82) is 5.26 Å². The molecule has 102 valence electrons. The van der Waals surface area contributed by atoms with Crippen molar-refractivity contribution >= 4 is 5.69 Å². The number of benzene rings is 1. The van der Waals surface area contributed by atoms with E-state index in [4.69, 9.17) is 10.00 Å². The molecule has 0 saturated carbocycles. The lowest BCUT2D eigenvalue weighted by Crippen LogP contribution is -2.47. The van der Waals surface area contributed by atoms with E-state index < -0.39 is 0 Å². The summed E-state index contributed by atoms with van der Waals surface area (Å²) >= 11 is 0. The Morgan fingerprint density at radius 3 is 2.63 bits per heavy atom. The van der Waals surface area contributed by atoms with Gasteiger partial charge in [-0.15, -0.1) is 0 Å². The first-order valence-corrected chi connectivity index (χ1v) is 6.80. The number of para-hydroxylation sites is 1. The van der Waals surface area contributed by atoms with Crippen LogP contribution in [-0.2, 0) is 4.74 Å². The molecule has 19 heavy (non-hydrogen) atoms. The van der Waals surface area contributed by atoms with Crippen molar-refractivity contribution in [2.45, 2.75) is 6.42 Å². The lowest BCUT2D eigenvalue weighted by atomic mass is 10.1. The minimum atomic E-state index is 0.773. The fourth-order valence-corrected chi connectivity index (χ4v) is 2.49. The summed E-state index contributed by atoms with van der Waals surface area (Å²) in [5.74, 6) is 0. The van der Waals surface area contributed by atoms with Gasteiger partial charge in [-0.2, -0.15) is 5.26 Å². The van der Waals surface area contributed by atoms with Crippen LogP contribution in [0.3, 0.4) is 0 Å². The second-order valence-electron chi connectivity index (χ2n) is 4.80. The van der Waals surface area contributed by atoms with Crippen LogP contribution in [0.15, 0.2) is 24.3 Å². The largest absolute Gasteiger partial charge is 0.385 e. The summed E-state index contributed by atoms with van der Waals surface area (Å²) in [4.78, 5) is 4.77. The molecule has 1 aliphatic heterocycles. The van der Waals surface area contributed by atoms with Crippen molar-refractivity contribution in [2.24, 2.45) is 0 Å². The summed E-state index contributed by atoms with van der Waals surface area (Å²) in [6.07, 6.45) is 1.09. The van der Waals surface area contributed by atoms with Crippen LogP contribution in [0.1, 0.15) is 12.0 Å². The maximum Gasteiger partial charge on any atom is 0.101 e. The van der Waals surface area contributed by atoms with Gasteiger partial charge >= 0.3 is 0 Å². The average Bonchev–Trinajstić information content (AvgIpc) is 2.48. The number of methoxy groups -OCH3 is 1. The Morgan fingerprint density at radius 1 is 1.21 bits per heavy atom. The number of hydrogen-bond acceptors (Lipinski definition) is 4. The zero-order valence-electron chi connectivity index (χ0n) is 11.5. The van der Waals surface area contributed by atoms with Gasteiger partial charge in [-0.3, -0.25) is 4.90 Å². The highest BCUT2D eigenvalue weighted by molar-refractivity contribution is 5.59. The Morgan fingerprint density at radius 2 is 1.95 bits per heavy atom. The highest BCUT2D eigenvalue weighted by atomic mass is 16.5. The quantitative estimate of drug-likeness (QED) is 0.755. The minimum Gasteiger partial charge on any atom is -0.385 e. The van der Waals surface area contributed by atoms with Gasteiger partial charge in [0.1, 0.15) is 6.07 Å². The molecule has 0 radical (unpaired) electrons. The molecule has 0 bridgehead atoms. The fraction of sp³-hybridized carbons (Fsp3) is 0.533. The van der Waals surface area contributed by atoms with Crippen LogP contribution in [0, 0.1) is 11.3 Å². The van der Waals surface area contributed by atoms with Crippen LogP contribution in [0.4, 0.5) is 5.69 Å². The van der Waals surface area contributed by atoms with Crippen LogP contribution in [0.25, 0.3) is 0 Å². The molecule has 1 heterocycles. The van der Waals surface area contributed by atoms with Crippen LogP contribution in [-0.4, -0.2) is 51.3 Å². The number of nitriles is 1. The number of rotatable bonds is 5. The topological polar surface area (TPSA) is 39.5 Å². The van der Waals surface area contributed by atoms with Gasteiger partial charge in [0, 0.05) is 46.4 Å². The second-order valence-corrected chi connectivity index (χ2v) is 4.80. The standard InChI is InChI=1S/C15H21N3O/c1-19-12-4-7-17-8-10-18(11-9-17)15-6-3-2-5-14(15)13-16/h2-3,5-6H,4,7-12H2,1H3. The maximum absolute atomic E-state index is 9.14. The van der Waals surface area contributed by atoms with Gasteiger partial charge in [0.15, 0.2) is 0 Å². The molecular weight excluding hydrogens is 238 g/mol. The molecule has 0 N–H and O–H groups in total. The number of piperazine rings is 1. The Balaban J connectivity index is 1.88. The van der Waals surface area contributed by atoms with Crippen molar-refractivity contribution in [1.82, 2.24) is 4.90 Å². The van der Waals surface area contributed by atoms with Gasteiger partial charge in [-0.05, 0) is 18.6 Å². The summed E-state index contributed by atoms with van der Waals surface area (Å²) in [7, 11) is 1.75. The molecule has 1 aromatic carbocycles. The molecule has 0 aromatic heterocycles. The summed E-state index contributed by atoms with van der Waals surface area (Å²) < 4.78 is 5.08. The highest BCUT2D eigenvalue weighted by Crippen LogP contribution is 2.20. The van der Waals surface area contributed by atoms with E-state index in [-0.39, 0.29) is 0 Å². The van der Waals surface area contributed by atoms with Crippen LogP contribution < -0.4 is 4.90 Å². The van der Waals surface area contributed by atoms with Crippen LogP contribution in [0.2, 0.25) is 0 Å². The first-order chi connectivity index (χ1) is 9.35. The highest BCUT2D eigenvalue weighted by Gasteiger charge is 2.18. The lowest BCUT2D eigenvalue weighted by molar-refractivity contribution is 0.169. The summed E-state index contributed by atoms with van der Waals surface area (Å²) in [5, 5.41) is 9.14. The van der Waals surface area contributed by atoms with Gasteiger partial charge in [0.05, 0.1) is 11.3 Å². The van der Waals surface area contributed by atoms with E-state index in [1.807, 2.05) is 24.3 Å². The van der Waals surface area contributed by atoms with E-state index in [0.717, 1.165) is 57.0 Å². The molecule has 0 atom stereocenters. The Labute approximate surface area is 115 Å². The molecule has 0 unspecified atom stereocenters. The first kappa shape index (κ1) is 13.9. The third kappa shape index (κ3) is 3.69. The molecule has 2 rings (SSSR count). The number of hydrogen-bond donors (Lipinski definition) is 0. The molecule has 0 spiro atoms. The molecule has 0 amide bonds. The zero-order chi connectivity index (χ0) is 13.5. The number of ether oxygens (including phenoxy) is 1. The van der Waals surface area contributed by atoms with Crippen LogP contribution in [0.5, 0.6) is 0 Å². The van der Waals surface area contributed by atoms with Crippen molar-refractivity contribution < 1.29 is 4.74 Å². The monoisotopic (exact) mass is 259 g/mol. The SMILES string of the molecule is COCCCN1CCN(c2ccccc2C#N)CC1. The zero-order valence-corrected chi connectivity index (χ0v) is 11.5. The third-order valence-electron chi connectivity index (χ3n) is 3.56. The van der Waals surface area contributed by atoms with Crippen molar-refractivity contribution in [2.75, 3.05) is 51.3 Å². The summed E-state index contributed by atoms with van der Waals surface area (Å²) in [6.45, 7) is 6.03. The van der Waals surface area contributed by atoms with E-state index in [1.54, 1.807) is 7.11 Å². The van der Waals surface area contributed by atoms with E-state index >= 15 is 0 Å². The molecule has 1 aliphatic rings. The van der Waals surface area contributed by atoms with Gasteiger partial charge in [0.25, 0.3) is 0 Å². The van der Waals surface area contributed by atoms with E-state index in [9.17, 15) is 0 Å². The molecule has 4 heteroatoms. The van der Waals surface area contributed by atoms with Gasteiger partial charge in [-0.25, -0.2) is 0 Å². The predicted molar refractivity (Wildman–Crippen MR) is 76.3 cm³/mol. The second kappa shape index (κ2) is 7.13.